The quantitative estimate of drug-likeness (QED) is 0.606. The van der Waals surface area contributed by atoms with E-state index in [0.717, 1.165) is 24.3 Å². The molecule has 1 aromatic carbocycles. The zero-order chi connectivity index (χ0) is 14.6. The van der Waals surface area contributed by atoms with Gasteiger partial charge in [0.2, 0.25) is 0 Å². The predicted molar refractivity (Wildman–Crippen MR) is 83.9 cm³/mol. The first-order valence-corrected chi connectivity index (χ1v) is 7.88. The van der Waals surface area contributed by atoms with Gasteiger partial charge >= 0.3 is 0 Å². The second kappa shape index (κ2) is 10.7. The van der Waals surface area contributed by atoms with Gasteiger partial charge in [0.05, 0.1) is 12.7 Å². The molecule has 0 spiro atoms. The van der Waals surface area contributed by atoms with Gasteiger partial charge in [-0.05, 0) is 37.1 Å². The fourth-order valence-corrected chi connectivity index (χ4v) is 2.21. The molecule has 1 rings (SSSR count). The van der Waals surface area contributed by atoms with E-state index in [-0.39, 0.29) is 0 Å². The van der Waals surface area contributed by atoms with Gasteiger partial charge in [-0.1, -0.05) is 51.2 Å². The first-order chi connectivity index (χ1) is 9.77. The third-order valence-electron chi connectivity index (χ3n) is 3.45. The minimum Gasteiger partial charge on any atom is -0.494 e. The molecule has 3 nitrogen and oxygen atoms in total. The molecule has 1 unspecified atom stereocenters. The Morgan fingerprint density at radius 1 is 1.15 bits per heavy atom. The van der Waals surface area contributed by atoms with Crippen LogP contribution in [0.5, 0.6) is 5.75 Å². The molecule has 0 aliphatic rings. The SMILES string of the molecule is CCCCCCCCOc1cccc(C(O)CCN)c1. The molecule has 1 atom stereocenters. The Kier molecular flexibility index (Phi) is 9.09. The second-order valence-electron chi connectivity index (χ2n) is 5.28. The normalized spacial score (nSPS) is 12.3. The molecule has 0 amide bonds. The van der Waals surface area contributed by atoms with Crippen molar-refractivity contribution in [1.29, 1.82) is 0 Å². The summed E-state index contributed by atoms with van der Waals surface area (Å²) in [6.45, 7) is 3.47. The average Bonchev–Trinajstić information content (AvgIpc) is 2.47. The first kappa shape index (κ1) is 17.0. The lowest BCUT2D eigenvalue weighted by atomic mass is 10.1. The lowest BCUT2D eigenvalue weighted by Crippen LogP contribution is -2.07. The van der Waals surface area contributed by atoms with Crippen molar-refractivity contribution < 1.29 is 9.84 Å². The van der Waals surface area contributed by atoms with Crippen molar-refractivity contribution in [1.82, 2.24) is 0 Å². The average molecular weight is 279 g/mol. The largest absolute Gasteiger partial charge is 0.494 e. The zero-order valence-corrected chi connectivity index (χ0v) is 12.7. The third-order valence-corrected chi connectivity index (χ3v) is 3.45. The molecular formula is C17H29NO2. The van der Waals surface area contributed by atoms with Crippen LogP contribution >= 0.6 is 0 Å². The van der Waals surface area contributed by atoms with E-state index < -0.39 is 6.10 Å². The van der Waals surface area contributed by atoms with Gasteiger partial charge in [-0.3, -0.25) is 0 Å². The monoisotopic (exact) mass is 279 g/mol. The summed E-state index contributed by atoms with van der Waals surface area (Å²) >= 11 is 0. The van der Waals surface area contributed by atoms with Crippen LogP contribution in [-0.4, -0.2) is 18.3 Å². The van der Waals surface area contributed by atoms with Crippen molar-refractivity contribution in [2.24, 2.45) is 5.73 Å². The van der Waals surface area contributed by atoms with Crippen LogP contribution in [0, 0.1) is 0 Å². The van der Waals surface area contributed by atoms with E-state index in [2.05, 4.69) is 6.92 Å². The van der Waals surface area contributed by atoms with E-state index in [1.54, 1.807) is 0 Å². The number of aliphatic hydroxyl groups excluding tert-OH is 1. The minimum atomic E-state index is -0.488. The Balaban J connectivity index is 2.25. The fraction of sp³-hybridized carbons (Fsp3) is 0.647. The molecule has 0 saturated heterocycles. The van der Waals surface area contributed by atoms with E-state index in [1.165, 1.54) is 32.1 Å². The molecular weight excluding hydrogens is 250 g/mol. The Morgan fingerprint density at radius 2 is 1.90 bits per heavy atom. The molecule has 0 aromatic heterocycles. The number of rotatable bonds is 11. The number of aliphatic hydroxyl groups is 1. The molecule has 0 aliphatic carbocycles. The van der Waals surface area contributed by atoms with Gasteiger partial charge < -0.3 is 15.6 Å². The molecule has 1 aromatic rings. The van der Waals surface area contributed by atoms with E-state index in [1.807, 2.05) is 24.3 Å². The van der Waals surface area contributed by atoms with E-state index >= 15 is 0 Å². The Morgan fingerprint density at radius 3 is 2.65 bits per heavy atom. The molecule has 0 radical (unpaired) electrons. The smallest absolute Gasteiger partial charge is 0.119 e. The van der Waals surface area contributed by atoms with Gasteiger partial charge in [0.1, 0.15) is 5.75 Å². The Bertz CT molecular complexity index is 355. The molecule has 114 valence electrons. The third kappa shape index (κ3) is 6.92. The molecule has 0 bridgehead atoms. The van der Waals surface area contributed by atoms with E-state index in [0.29, 0.717) is 13.0 Å². The van der Waals surface area contributed by atoms with Crippen LogP contribution in [0.15, 0.2) is 24.3 Å². The minimum absolute atomic E-state index is 0.488. The van der Waals surface area contributed by atoms with Crippen LogP contribution < -0.4 is 10.5 Å². The lowest BCUT2D eigenvalue weighted by Gasteiger charge is -2.12. The fourth-order valence-electron chi connectivity index (χ4n) is 2.21. The Hall–Kier alpha value is -1.06. The van der Waals surface area contributed by atoms with Gasteiger partial charge in [0, 0.05) is 0 Å². The zero-order valence-electron chi connectivity index (χ0n) is 12.7. The van der Waals surface area contributed by atoms with Crippen molar-refractivity contribution >= 4 is 0 Å². The van der Waals surface area contributed by atoms with Crippen molar-refractivity contribution in [3.05, 3.63) is 29.8 Å². The van der Waals surface area contributed by atoms with Crippen molar-refractivity contribution in [3.8, 4) is 5.75 Å². The summed E-state index contributed by atoms with van der Waals surface area (Å²) in [5, 5.41) is 9.90. The summed E-state index contributed by atoms with van der Waals surface area (Å²) in [4.78, 5) is 0. The van der Waals surface area contributed by atoms with Gasteiger partial charge in [-0.15, -0.1) is 0 Å². The maximum atomic E-state index is 9.90. The van der Waals surface area contributed by atoms with Gasteiger partial charge in [0.25, 0.3) is 0 Å². The van der Waals surface area contributed by atoms with Crippen LogP contribution in [0.3, 0.4) is 0 Å². The Labute approximate surface area is 123 Å². The number of ether oxygens (including phenoxy) is 1. The van der Waals surface area contributed by atoms with Crippen LogP contribution in [0.2, 0.25) is 0 Å². The highest BCUT2D eigenvalue weighted by Crippen LogP contribution is 2.21. The highest BCUT2D eigenvalue weighted by atomic mass is 16.5. The van der Waals surface area contributed by atoms with E-state index in [9.17, 15) is 5.11 Å². The number of unbranched alkanes of at least 4 members (excludes halogenated alkanes) is 5. The maximum absolute atomic E-state index is 9.90. The molecule has 0 fully saturated rings. The van der Waals surface area contributed by atoms with Crippen LogP contribution in [0.4, 0.5) is 0 Å². The molecule has 20 heavy (non-hydrogen) atoms. The van der Waals surface area contributed by atoms with Crippen LogP contribution in [0.25, 0.3) is 0 Å². The summed E-state index contributed by atoms with van der Waals surface area (Å²) in [6, 6.07) is 7.69. The summed E-state index contributed by atoms with van der Waals surface area (Å²) in [7, 11) is 0. The number of benzene rings is 1. The number of hydrogen-bond donors (Lipinski definition) is 2. The summed E-state index contributed by atoms with van der Waals surface area (Å²) in [6.07, 6.45) is 7.67. The summed E-state index contributed by atoms with van der Waals surface area (Å²) < 4.78 is 5.74. The van der Waals surface area contributed by atoms with Gasteiger partial charge in [-0.2, -0.15) is 0 Å². The lowest BCUT2D eigenvalue weighted by molar-refractivity contribution is 0.169. The number of nitrogens with two attached hydrogens (primary N) is 1. The van der Waals surface area contributed by atoms with Gasteiger partial charge in [-0.25, -0.2) is 0 Å². The summed E-state index contributed by atoms with van der Waals surface area (Å²) in [5.74, 6) is 0.840. The molecule has 0 aliphatic heterocycles. The molecule has 3 N–H and O–H groups in total. The van der Waals surface area contributed by atoms with Crippen LogP contribution in [-0.2, 0) is 0 Å². The molecule has 0 saturated carbocycles. The van der Waals surface area contributed by atoms with Crippen molar-refractivity contribution in [3.63, 3.8) is 0 Å². The van der Waals surface area contributed by atoms with Crippen LogP contribution in [0.1, 0.15) is 63.5 Å². The van der Waals surface area contributed by atoms with Crippen molar-refractivity contribution in [2.45, 2.75) is 58.0 Å². The second-order valence-corrected chi connectivity index (χ2v) is 5.28. The standard InChI is InChI=1S/C17H29NO2/c1-2-3-4-5-6-7-13-20-16-10-8-9-15(14-16)17(19)11-12-18/h8-10,14,17,19H,2-7,11-13,18H2,1H3. The molecule has 0 heterocycles. The highest BCUT2D eigenvalue weighted by molar-refractivity contribution is 5.29. The molecule has 3 heteroatoms. The first-order valence-electron chi connectivity index (χ1n) is 7.88. The highest BCUT2D eigenvalue weighted by Gasteiger charge is 2.07. The maximum Gasteiger partial charge on any atom is 0.119 e. The van der Waals surface area contributed by atoms with E-state index in [4.69, 9.17) is 10.5 Å². The van der Waals surface area contributed by atoms with Gasteiger partial charge in [0.15, 0.2) is 0 Å². The topological polar surface area (TPSA) is 55.5 Å². The van der Waals surface area contributed by atoms with Crippen molar-refractivity contribution in [2.75, 3.05) is 13.2 Å². The predicted octanol–water partition coefficient (Wildman–Crippen LogP) is 3.81. The summed E-state index contributed by atoms with van der Waals surface area (Å²) in [5.41, 5.74) is 6.35. The number of hydrogen-bond acceptors (Lipinski definition) is 3.